The Hall–Kier alpha value is -5.72. The van der Waals surface area contributed by atoms with Crippen LogP contribution >= 0.6 is 0 Å². The first-order valence-electron chi connectivity index (χ1n) is 13.6. The summed E-state index contributed by atoms with van der Waals surface area (Å²) in [7, 11) is 0. The molecule has 2 amide bonds. The van der Waals surface area contributed by atoms with E-state index in [1.807, 2.05) is 43.3 Å². The largest absolute Gasteiger partial charge is 0.394 e. The van der Waals surface area contributed by atoms with Gasteiger partial charge < -0.3 is 21.7 Å². The Morgan fingerprint density at radius 2 is 1.72 bits per heavy atom. The molecule has 0 radical (unpaired) electrons. The highest BCUT2D eigenvalue weighted by molar-refractivity contribution is 5.97. The molecule has 0 spiro atoms. The Morgan fingerprint density at radius 3 is 2.47 bits per heavy atom. The van der Waals surface area contributed by atoms with Crippen molar-refractivity contribution in [1.82, 2.24) is 35.8 Å². The van der Waals surface area contributed by atoms with Crippen LogP contribution in [0.15, 0.2) is 64.7 Å². The van der Waals surface area contributed by atoms with Crippen LogP contribution in [0.5, 0.6) is 0 Å². The number of rotatable bonds is 9. The van der Waals surface area contributed by atoms with E-state index in [2.05, 4.69) is 41.1 Å². The number of carbonyl (C=O) groups excluding carboxylic acids is 2. The topological polar surface area (TPSA) is 198 Å². The molecular formula is C30H27N9O4. The third-order valence-corrected chi connectivity index (χ3v) is 7.66. The lowest BCUT2D eigenvalue weighted by Crippen LogP contribution is -2.36. The molecule has 0 saturated heterocycles. The average molecular weight is 578 g/mol. The molecule has 1 atom stereocenters. The van der Waals surface area contributed by atoms with Gasteiger partial charge in [-0.05, 0) is 47.6 Å². The fourth-order valence-electron chi connectivity index (χ4n) is 5.36. The first-order chi connectivity index (χ1) is 20.8. The molecule has 0 aliphatic heterocycles. The van der Waals surface area contributed by atoms with E-state index in [1.54, 1.807) is 0 Å². The van der Waals surface area contributed by atoms with Crippen LogP contribution in [0.4, 0.5) is 11.4 Å². The maximum absolute atomic E-state index is 13.1. The lowest BCUT2D eigenvalue weighted by atomic mass is 9.97. The van der Waals surface area contributed by atoms with Crippen molar-refractivity contribution in [3.05, 3.63) is 115 Å². The number of benzene rings is 2. The van der Waals surface area contributed by atoms with Gasteiger partial charge in [0.05, 0.1) is 6.04 Å². The molecule has 1 aliphatic rings. The van der Waals surface area contributed by atoms with Crippen LogP contribution < -0.4 is 32.5 Å². The number of fused-ring (bicyclic) bond motifs is 1. The van der Waals surface area contributed by atoms with Crippen LogP contribution in [-0.2, 0) is 19.5 Å². The zero-order valence-electron chi connectivity index (χ0n) is 23.1. The van der Waals surface area contributed by atoms with Crippen LogP contribution in [-0.4, -0.2) is 37.0 Å². The number of hydrogen-bond acceptors (Lipinski definition) is 10. The normalized spacial score (nSPS) is 13.9. The summed E-state index contributed by atoms with van der Waals surface area (Å²) in [6.07, 6.45) is 4.22. The van der Waals surface area contributed by atoms with Crippen molar-refractivity contribution in [3.8, 4) is 11.4 Å². The molecule has 2 heterocycles. The number of nitrogen functional groups attached to an aromatic ring is 1. The van der Waals surface area contributed by atoms with Crippen molar-refractivity contribution in [1.29, 1.82) is 0 Å². The molecule has 43 heavy (non-hydrogen) atoms. The number of aromatic nitrogens is 5. The Kier molecular flexibility index (Phi) is 7.20. The minimum Gasteiger partial charge on any atom is -0.394 e. The second-order valence-corrected chi connectivity index (χ2v) is 10.3. The van der Waals surface area contributed by atoms with Crippen LogP contribution in [0.25, 0.3) is 11.4 Å². The molecule has 0 saturated carbocycles. The van der Waals surface area contributed by atoms with Crippen LogP contribution in [0.1, 0.15) is 61.3 Å². The number of nitrogens with two attached hydrogens (primary N) is 1. The first-order valence-corrected chi connectivity index (χ1v) is 13.6. The van der Waals surface area contributed by atoms with Gasteiger partial charge in [0, 0.05) is 24.7 Å². The maximum Gasteiger partial charge on any atom is 0.270 e. The van der Waals surface area contributed by atoms with Gasteiger partial charge in [-0.1, -0.05) is 36.4 Å². The lowest BCUT2D eigenvalue weighted by molar-refractivity contribution is 0.0931. The zero-order chi connectivity index (χ0) is 30.1. The number of H-pyrrole nitrogens is 1. The molecule has 6 N–H and O–H groups in total. The second kappa shape index (κ2) is 11.3. The van der Waals surface area contributed by atoms with Gasteiger partial charge in [-0.15, -0.1) is 0 Å². The summed E-state index contributed by atoms with van der Waals surface area (Å²) in [6.45, 7) is 2.53. The fourth-order valence-corrected chi connectivity index (χ4v) is 5.36. The van der Waals surface area contributed by atoms with Crippen molar-refractivity contribution in [3.63, 3.8) is 0 Å². The molecule has 1 aliphatic carbocycles. The van der Waals surface area contributed by atoms with Gasteiger partial charge in [0.15, 0.2) is 5.82 Å². The van der Waals surface area contributed by atoms with Gasteiger partial charge >= 0.3 is 0 Å². The monoisotopic (exact) mass is 577 g/mol. The van der Waals surface area contributed by atoms with Gasteiger partial charge in [0.25, 0.3) is 22.7 Å². The third kappa shape index (κ3) is 5.35. The van der Waals surface area contributed by atoms with E-state index in [9.17, 15) is 19.2 Å². The predicted octanol–water partition coefficient (Wildman–Crippen LogP) is 1.71. The van der Waals surface area contributed by atoms with Crippen molar-refractivity contribution in [2.24, 2.45) is 0 Å². The smallest absolute Gasteiger partial charge is 0.270 e. The van der Waals surface area contributed by atoms with E-state index >= 15 is 0 Å². The maximum atomic E-state index is 13.1. The summed E-state index contributed by atoms with van der Waals surface area (Å²) in [6, 6.07) is 12.5. The average Bonchev–Trinajstić information content (AvgIpc) is 3.71. The fraction of sp³-hybridized carbons (Fsp3) is 0.200. The molecule has 2 aromatic heterocycles. The minimum absolute atomic E-state index is 0.0628. The molecule has 0 bridgehead atoms. The number of carbonyl (C=O) groups is 2. The van der Waals surface area contributed by atoms with E-state index in [0.717, 1.165) is 40.7 Å². The first kappa shape index (κ1) is 27.4. The molecule has 3 aromatic carbocycles. The highest BCUT2D eigenvalue weighted by Gasteiger charge is 2.28. The van der Waals surface area contributed by atoms with Crippen LogP contribution in [0, 0.1) is 6.92 Å². The summed E-state index contributed by atoms with van der Waals surface area (Å²) >= 11 is 0. The van der Waals surface area contributed by atoms with Gasteiger partial charge in [0.2, 0.25) is 0 Å². The van der Waals surface area contributed by atoms with Crippen LogP contribution in [0.3, 0.4) is 0 Å². The van der Waals surface area contributed by atoms with E-state index in [-0.39, 0.29) is 41.9 Å². The van der Waals surface area contributed by atoms with Gasteiger partial charge in [-0.3, -0.25) is 24.3 Å². The van der Waals surface area contributed by atoms with Crippen molar-refractivity contribution < 1.29 is 9.59 Å². The molecule has 5 aromatic rings. The molecule has 216 valence electrons. The van der Waals surface area contributed by atoms with Gasteiger partial charge in [0.1, 0.15) is 35.4 Å². The second-order valence-electron chi connectivity index (χ2n) is 10.3. The molecule has 13 heteroatoms. The van der Waals surface area contributed by atoms with E-state index < -0.39 is 22.7 Å². The Morgan fingerprint density at radius 1 is 0.953 bits per heavy atom. The summed E-state index contributed by atoms with van der Waals surface area (Å²) in [4.78, 5) is 61.3. The van der Waals surface area contributed by atoms with Crippen molar-refractivity contribution >= 4 is 23.2 Å². The van der Waals surface area contributed by atoms with Crippen molar-refractivity contribution in [2.75, 3.05) is 11.1 Å². The number of aromatic amines is 1. The van der Waals surface area contributed by atoms with Gasteiger partial charge in [-0.25, -0.2) is 15.0 Å². The van der Waals surface area contributed by atoms with E-state index in [0.29, 0.717) is 5.82 Å². The molecule has 0 unspecified atom stereocenters. The van der Waals surface area contributed by atoms with E-state index in [1.165, 1.54) is 24.3 Å². The number of anilines is 2. The number of hydrogen-bond donors (Lipinski definition) is 5. The van der Waals surface area contributed by atoms with E-state index in [4.69, 9.17) is 5.73 Å². The highest BCUT2D eigenvalue weighted by atomic mass is 16.2. The van der Waals surface area contributed by atoms with Crippen molar-refractivity contribution in [2.45, 2.75) is 38.9 Å². The Balaban J connectivity index is 1.07. The molecule has 0 fully saturated rings. The lowest BCUT2D eigenvalue weighted by Gasteiger charge is -2.15. The number of amides is 2. The Bertz CT molecular complexity index is 1930. The highest BCUT2D eigenvalue weighted by Crippen LogP contribution is 2.37. The summed E-state index contributed by atoms with van der Waals surface area (Å²) < 4.78 is 0. The summed E-state index contributed by atoms with van der Waals surface area (Å²) in [5.74, 6) is -0.153. The van der Waals surface area contributed by atoms with Gasteiger partial charge in [-0.2, -0.15) is 5.10 Å². The standard InChI is InChI=1S/C30H27N9O4/c1-15-18-7-8-21(20(18)6-5-19(15)28-36-14-37-39-28)38-30(43)23-10-22(34-13-35-23)29(42)33-12-17-4-2-3-16(9-17)11-32-25-24(31)26(40)27(25)41/h2-6,9-10,13-14,21,32H,7-8,11-12,31H2,1H3,(H,33,42)(H,38,43)(H,36,37,39)/t21-/m0/s1. The SMILES string of the molecule is Cc1c(-c2ncn[nH]2)ccc2c1CC[C@@H]2NC(=O)c1cc(C(=O)NCc2cccc(CNc3c(N)c(=O)c3=O)c2)ncn1. The third-order valence-electron chi connectivity index (χ3n) is 7.66. The summed E-state index contributed by atoms with van der Waals surface area (Å²) in [5.41, 5.74) is 10.4. The quantitative estimate of drug-likeness (QED) is 0.161. The Labute approximate surface area is 244 Å². The predicted molar refractivity (Wildman–Crippen MR) is 158 cm³/mol. The zero-order valence-corrected chi connectivity index (χ0v) is 23.1. The number of nitrogens with one attached hydrogen (secondary N) is 4. The molecular weight excluding hydrogens is 550 g/mol. The molecule has 6 rings (SSSR count). The number of nitrogens with zero attached hydrogens (tertiary/aromatic N) is 4. The summed E-state index contributed by atoms with van der Waals surface area (Å²) in [5, 5.41) is 15.6. The molecule has 13 nitrogen and oxygen atoms in total. The minimum atomic E-state index is -0.679. The van der Waals surface area contributed by atoms with Crippen LogP contribution in [0.2, 0.25) is 0 Å².